The van der Waals surface area contributed by atoms with Crippen LogP contribution in [0.5, 0.6) is 5.75 Å². The molecule has 0 unspecified atom stereocenters. The van der Waals surface area contributed by atoms with Crippen molar-refractivity contribution in [2.24, 2.45) is 0 Å². The normalized spacial score (nSPS) is 11.3. The first-order valence-electron chi connectivity index (χ1n) is 7.38. The Labute approximate surface area is 155 Å². The van der Waals surface area contributed by atoms with E-state index >= 15 is 0 Å². The van der Waals surface area contributed by atoms with Gasteiger partial charge in [-0.3, -0.25) is 0 Å². The molecule has 0 bridgehead atoms. The third-order valence-electron chi connectivity index (χ3n) is 3.43. The van der Waals surface area contributed by atoms with Gasteiger partial charge in [-0.2, -0.15) is 8.42 Å². The molecule has 130 valence electrons. The minimum Gasteiger partial charge on any atom is -0.380 e. The summed E-state index contributed by atoms with van der Waals surface area (Å²) in [6.07, 6.45) is 1.69. The molecule has 0 fully saturated rings. The van der Waals surface area contributed by atoms with Crippen LogP contribution in [0.15, 0.2) is 59.6 Å². The van der Waals surface area contributed by atoms with E-state index in [2.05, 4.69) is 10.3 Å². The maximum Gasteiger partial charge on any atom is 0.339 e. The van der Waals surface area contributed by atoms with E-state index in [0.717, 1.165) is 10.4 Å². The van der Waals surface area contributed by atoms with Crippen LogP contribution in [-0.4, -0.2) is 13.4 Å². The lowest BCUT2D eigenvalue weighted by Crippen LogP contribution is -2.10. The molecule has 2 aromatic carbocycles. The first-order valence-corrected chi connectivity index (χ1v) is 9.98. The van der Waals surface area contributed by atoms with Gasteiger partial charge in [0.25, 0.3) is 0 Å². The lowest BCUT2D eigenvalue weighted by Gasteiger charge is -2.12. The van der Waals surface area contributed by atoms with Gasteiger partial charge in [-0.1, -0.05) is 35.9 Å². The largest absolute Gasteiger partial charge is 0.380 e. The van der Waals surface area contributed by atoms with E-state index in [1.54, 1.807) is 48.7 Å². The topological polar surface area (TPSA) is 68.3 Å². The summed E-state index contributed by atoms with van der Waals surface area (Å²) in [4.78, 5) is 5.03. The number of rotatable bonds is 6. The molecule has 5 nitrogen and oxygen atoms in total. The van der Waals surface area contributed by atoms with E-state index < -0.39 is 10.1 Å². The monoisotopic (exact) mass is 394 g/mol. The van der Waals surface area contributed by atoms with Crippen LogP contribution in [0.4, 0.5) is 5.69 Å². The molecule has 0 amide bonds. The van der Waals surface area contributed by atoms with Crippen molar-refractivity contribution in [3.63, 3.8) is 0 Å². The van der Waals surface area contributed by atoms with E-state index in [9.17, 15) is 8.42 Å². The van der Waals surface area contributed by atoms with Crippen LogP contribution < -0.4 is 9.50 Å². The standard InChI is InChI=1S/C17H15ClN2O3S2/c1-12-7-8-15(25(21,22)23-13-5-3-2-4-6-13)9-16(12)19-10-14-11-20-17(18)24-14/h2-9,11,19H,10H2,1H3. The van der Waals surface area contributed by atoms with Gasteiger partial charge in [0.15, 0.2) is 4.47 Å². The summed E-state index contributed by atoms with van der Waals surface area (Å²) in [6.45, 7) is 2.41. The van der Waals surface area contributed by atoms with Crippen LogP contribution in [0.2, 0.25) is 4.47 Å². The Morgan fingerprint density at radius 1 is 1.20 bits per heavy atom. The summed E-state index contributed by atoms with van der Waals surface area (Å²) in [5.74, 6) is 0.275. The fraction of sp³-hybridized carbons (Fsp3) is 0.118. The Morgan fingerprint density at radius 3 is 2.64 bits per heavy atom. The van der Waals surface area contributed by atoms with Gasteiger partial charge in [0.1, 0.15) is 10.6 Å². The summed E-state index contributed by atoms with van der Waals surface area (Å²) in [7, 11) is -3.90. The lowest BCUT2D eigenvalue weighted by atomic mass is 10.2. The van der Waals surface area contributed by atoms with Crippen molar-refractivity contribution < 1.29 is 12.6 Å². The van der Waals surface area contributed by atoms with Gasteiger partial charge >= 0.3 is 10.1 Å². The molecule has 3 rings (SSSR count). The number of para-hydroxylation sites is 1. The van der Waals surface area contributed by atoms with Crippen LogP contribution in [0.3, 0.4) is 0 Å². The molecule has 0 aliphatic carbocycles. The van der Waals surface area contributed by atoms with E-state index in [1.807, 2.05) is 6.92 Å². The van der Waals surface area contributed by atoms with Crippen LogP contribution >= 0.6 is 22.9 Å². The second kappa shape index (κ2) is 7.43. The first kappa shape index (κ1) is 17.7. The molecule has 0 spiro atoms. The van der Waals surface area contributed by atoms with Gasteiger partial charge in [-0.25, -0.2) is 4.98 Å². The number of anilines is 1. The van der Waals surface area contributed by atoms with Gasteiger partial charge in [0.2, 0.25) is 0 Å². The SMILES string of the molecule is Cc1ccc(S(=O)(=O)Oc2ccccc2)cc1NCc1cnc(Cl)s1. The molecule has 0 saturated carbocycles. The quantitative estimate of drug-likeness (QED) is 0.624. The minimum absolute atomic E-state index is 0.0896. The van der Waals surface area contributed by atoms with Gasteiger partial charge in [0.05, 0.1) is 6.54 Å². The van der Waals surface area contributed by atoms with Crippen molar-refractivity contribution in [2.45, 2.75) is 18.4 Å². The molecular weight excluding hydrogens is 380 g/mol. The Bertz CT molecular complexity index is 973. The first-order chi connectivity index (χ1) is 11.9. The number of hydrogen-bond donors (Lipinski definition) is 1. The second-order valence-electron chi connectivity index (χ2n) is 5.26. The Morgan fingerprint density at radius 2 is 1.96 bits per heavy atom. The maximum absolute atomic E-state index is 12.5. The third-order valence-corrected chi connectivity index (χ3v) is 5.78. The van der Waals surface area contributed by atoms with Crippen LogP contribution in [0.1, 0.15) is 10.4 Å². The molecule has 25 heavy (non-hydrogen) atoms. The summed E-state index contributed by atoms with van der Waals surface area (Å²) < 4.78 is 30.6. The molecule has 1 heterocycles. The molecule has 0 atom stereocenters. The molecule has 1 N–H and O–H groups in total. The van der Waals surface area contributed by atoms with Crippen molar-refractivity contribution in [1.82, 2.24) is 4.98 Å². The number of nitrogens with one attached hydrogen (secondary N) is 1. The van der Waals surface area contributed by atoms with E-state index in [1.165, 1.54) is 17.4 Å². The summed E-state index contributed by atoms with van der Waals surface area (Å²) in [5, 5.41) is 3.21. The number of aryl methyl sites for hydroxylation is 1. The fourth-order valence-corrected chi connectivity index (χ4v) is 4.02. The molecule has 1 aromatic heterocycles. The molecule has 0 saturated heterocycles. The van der Waals surface area contributed by atoms with Crippen molar-refractivity contribution in [1.29, 1.82) is 0 Å². The second-order valence-corrected chi connectivity index (χ2v) is 8.50. The van der Waals surface area contributed by atoms with Crippen molar-refractivity contribution in [3.8, 4) is 5.75 Å². The van der Waals surface area contributed by atoms with Gasteiger partial charge in [-0.05, 0) is 36.8 Å². The van der Waals surface area contributed by atoms with Crippen LogP contribution in [-0.2, 0) is 16.7 Å². The molecule has 8 heteroatoms. The fourth-order valence-electron chi connectivity index (χ4n) is 2.15. The lowest BCUT2D eigenvalue weighted by molar-refractivity contribution is 0.486. The average Bonchev–Trinajstić information content (AvgIpc) is 3.00. The predicted molar refractivity (Wildman–Crippen MR) is 99.9 cm³/mol. The smallest absolute Gasteiger partial charge is 0.339 e. The Hall–Kier alpha value is -2.09. The van der Waals surface area contributed by atoms with Crippen molar-refractivity contribution >= 4 is 38.7 Å². The highest BCUT2D eigenvalue weighted by atomic mass is 35.5. The zero-order valence-corrected chi connectivity index (χ0v) is 15.7. The van der Waals surface area contributed by atoms with Crippen molar-refractivity contribution in [2.75, 3.05) is 5.32 Å². The summed E-state index contributed by atoms with van der Waals surface area (Å²) >= 11 is 7.19. The Balaban J connectivity index is 1.80. The van der Waals surface area contributed by atoms with E-state index in [0.29, 0.717) is 16.7 Å². The summed E-state index contributed by atoms with van der Waals surface area (Å²) in [5.41, 5.74) is 1.64. The average molecular weight is 395 g/mol. The number of thiazole rings is 1. The maximum atomic E-state index is 12.5. The minimum atomic E-state index is -3.90. The zero-order chi connectivity index (χ0) is 17.9. The number of hydrogen-bond acceptors (Lipinski definition) is 6. The number of benzene rings is 2. The third kappa shape index (κ3) is 4.50. The van der Waals surface area contributed by atoms with E-state index in [-0.39, 0.29) is 10.6 Å². The molecular formula is C17H15ClN2O3S2. The number of halogens is 1. The molecule has 0 aliphatic heterocycles. The summed E-state index contributed by atoms with van der Waals surface area (Å²) in [6, 6.07) is 13.2. The van der Waals surface area contributed by atoms with Gasteiger partial charge in [0, 0.05) is 16.8 Å². The Kier molecular flexibility index (Phi) is 5.27. The highest BCUT2D eigenvalue weighted by molar-refractivity contribution is 7.87. The highest BCUT2D eigenvalue weighted by Crippen LogP contribution is 2.25. The predicted octanol–water partition coefficient (Wildman–Crippen LogP) is 4.48. The number of aromatic nitrogens is 1. The van der Waals surface area contributed by atoms with Crippen molar-refractivity contribution in [3.05, 3.63) is 69.6 Å². The van der Waals surface area contributed by atoms with Crippen LogP contribution in [0, 0.1) is 6.92 Å². The number of nitrogens with zero attached hydrogens (tertiary/aromatic N) is 1. The zero-order valence-electron chi connectivity index (χ0n) is 13.3. The van der Waals surface area contributed by atoms with Gasteiger partial charge < -0.3 is 9.50 Å². The molecule has 3 aromatic rings. The van der Waals surface area contributed by atoms with E-state index in [4.69, 9.17) is 15.8 Å². The molecule has 0 aliphatic rings. The van der Waals surface area contributed by atoms with Crippen LogP contribution in [0.25, 0.3) is 0 Å². The highest BCUT2D eigenvalue weighted by Gasteiger charge is 2.18. The molecule has 0 radical (unpaired) electrons. The van der Waals surface area contributed by atoms with Gasteiger partial charge in [-0.15, -0.1) is 11.3 Å².